The minimum Gasteiger partial charge on any atom is -0.493 e. The number of hydrogen-bond donors (Lipinski definition) is 1. The number of hydrogen-bond acceptors (Lipinski definition) is 6. The number of aromatic carboxylic acids is 1. The van der Waals surface area contributed by atoms with Gasteiger partial charge < -0.3 is 19.2 Å². The van der Waals surface area contributed by atoms with Gasteiger partial charge in [0, 0.05) is 42.6 Å². The molecule has 0 saturated carbocycles. The summed E-state index contributed by atoms with van der Waals surface area (Å²) in [6, 6.07) is 26.6. The first-order valence-corrected chi connectivity index (χ1v) is 13.7. The highest BCUT2D eigenvalue weighted by Crippen LogP contribution is 2.31. The summed E-state index contributed by atoms with van der Waals surface area (Å²) < 4.78 is 11.9. The van der Waals surface area contributed by atoms with Crippen molar-refractivity contribution in [3.05, 3.63) is 114 Å². The van der Waals surface area contributed by atoms with Crippen LogP contribution in [0.15, 0.2) is 95.5 Å². The number of fused-ring (bicyclic) bond motifs is 1. The van der Waals surface area contributed by atoms with Crippen LogP contribution >= 0.6 is 0 Å². The number of rotatable bonds is 9. The van der Waals surface area contributed by atoms with Crippen molar-refractivity contribution in [2.75, 3.05) is 24.6 Å². The molecule has 6 rings (SSSR count). The minimum absolute atomic E-state index is 0.0655. The van der Waals surface area contributed by atoms with E-state index < -0.39 is 5.97 Å². The molecular weight excluding hydrogens is 516 g/mol. The monoisotopic (exact) mass is 546 g/mol. The maximum absolute atomic E-state index is 13.2. The van der Waals surface area contributed by atoms with E-state index in [-0.39, 0.29) is 17.8 Å². The van der Waals surface area contributed by atoms with Crippen molar-refractivity contribution in [3.63, 3.8) is 0 Å². The molecule has 206 valence electrons. The molecule has 7 heteroatoms. The number of anilines is 1. The van der Waals surface area contributed by atoms with Gasteiger partial charge in [0.1, 0.15) is 17.2 Å². The van der Waals surface area contributed by atoms with Crippen LogP contribution < -0.4 is 9.64 Å². The maximum Gasteiger partial charge on any atom is 0.335 e. The van der Waals surface area contributed by atoms with E-state index >= 15 is 0 Å². The van der Waals surface area contributed by atoms with Crippen molar-refractivity contribution in [1.82, 2.24) is 4.98 Å². The Morgan fingerprint density at radius 1 is 1.00 bits per heavy atom. The smallest absolute Gasteiger partial charge is 0.335 e. The van der Waals surface area contributed by atoms with Crippen molar-refractivity contribution in [2.24, 2.45) is 5.92 Å². The number of ketones is 1. The summed E-state index contributed by atoms with van der Waals surface area (Å²) in [4.78, 5) is 31.1. The minimum atomic E-state index is -0.951. The quantitative estimate of drug-likeness (QED) is 0.203. The molecule has 7 nitrogen and oxygen atoms in total. The molecule has 5 aromatic rings. The first kappa shape index (κ1) is 26.3. The molecule has 1 aliphatic rings. The number of carbonyl (C=O) groups is 2. The number of carboxylic acid groups (broad SMARTS) is 1. The van der Waals surface area contributed by atoms with Gasteiger partial charge in [-0.25, -0.2) is 9.78 Å². The van der Waals surface area contributed by atoms with Crippen LogP contribution in [0.5, 0.6) is 5.75 Å². The third-order valence-corrected chi connectivity index (χ3v) is 7.67. The number of aryl methyl sites for hydroxylation is 1. The number of carboxylic acids is 1. The Labute approximate surface area is 238 Å². The normalized spacial score (nSPS) is 14.9. The van der Waals surface area contributed by atoms with Gasteiger partial charge in [-0.1, -0.05) is 42.5 Å². The second-order valence-electron chi connectivity index (χ2n) is 10.5. The van der Waals surface area contributed by atoms with Crippen molar-refractivity contribution >= 4 is 28.5 Å². The first-order chi connectivity index (χ1) is 19.9. The second kappa shape index (κ2) is 11.3. The number of furan rings is 1. The van der Waals surface area contributed by atoms with E-state index in [4.69, 9.17) is 14.3 Å². The fraction of sp³-hybridized carbons (Fsp3) is 0.206. The molecule has 0 unspecified atom stereocenters. The number of ether oxygens (including phenoxy) is 1. The van der Waals surface area contributed by atoms with Crippen molar-refractivity contribution in [2.45, 2.75) is 19.8 Å². The maximum atomic E-state index is 13.2. The van der Waals surface area contributed by atoms with E-state index in [1.54, 1.807) is 30.5 Å². The Morgan fingerprint density at radius 3 is 2.54 bits per heavy atom. The van der Waals surface area contributed by atoms with Crippen molar-refractivity contribution in [1.29, 1.82) is 0 Å². The number of carbonyl (C=O) groups excluding carboxylic acids is 1. The molecule has 3 heterocycles. The van der Waals surface area contributed by atoms with Gasteiger partial charge in [0.15, 0.2) is 5.76 Å². The lowest BCUT2D eigenvalue weighted by Crippen LogP contribution is -2.22. The summed E-state index contributed by atoms with van der Waals surface area (Å²) in [6.07, 6.45) is 2.97. The Morgan fingerprint density at radius 2 is 1.80 bits per heavy atom. The van der Waals surface area contributed by atoms with E-state index in [1.807, 2.05) is 49.4 Å². The molecule has 0 aliphatic carbocycles. The third kappa shape index (κ3) is 5.70. The lowest BCUT2D eigenvalue weighted by Gasteiger charge is -2.18. The van der Waals surface area contributed by atoms with Crippen LogP contribution in [-0.2, 0) is 6.42 Å². The van der Waals surface area contributed by atoms with Gasteiger partial charge in [-0.05, 0) is 72.5 Å². The lowest BCUT2D eigenvalue weighted by molar-refractivity contribution is 0.0696. The molecule has 1 N–H and O–H groups in total. The standard InChI is InChI=1S/C34H30N2O5/c1-22-29-18-27(25-5-3-2-4-6-25)10-13-31(29)41-33(22)30(37)17-23-7-14-32(35-19-23)36-16-15-24(20-36)21-40-28-11-8-26(9-12-28)34(38)39/h2-14,18-19,24H,15-17,20-21H2,1H3,(H,38,39)/t24-/m0/s1. The molecule has 41 heavy (non-hydrogen) atoms. The van der Waals surface area contributed by atoms with Crippen LogP contribution in [0.2, 0.25) is 0 Å². The number of benzene rings is 3. The highest BCUT2D eigenvalue weighted by molar-refractivity contribution is 6.02. The zero-order valence-corrected chi connectivity index (χ0v) is 22.7. The van der Waals surface area contributed by atoms with Gasteiger partial charge >= 0.3 is 5.97 Å². The van der Waals surface area contributed by atoms with Crippen LogP contribution in [0.25, 0.3) is 22.1 Å². The van der Waals surface area contributed by atoms with Crippen molar-refractivity contribution < 1.29 is 23.8 Å². The fourth-order valence-corrected chi connectivity index (χ4v) is 5.36. The summed E-state index contributed by atoms with van der Waals surface area (Å²) in [7, 11) is 0. The van der Waals surface area contributed by atoms with Gasteiger partial charge in [-0.2, -0.15) is 0 Å². The van der Waals surface area contributed by atoms with Gasteiger partial charge in [0.2, 0.25) is 5.78 Å². The van der Waals surface area contributed by atoms with Gasteiger partial charge in [-0.15, -0.1) is 0 Å². The Balaban J connectivity index is 1.06. The number of nitrogens with zero attached hydrogens (tertiary/aromatic N) is 2. The van der Waals surface area contributed by atoms with E-state index in [1.165, 1.54) is 0 Å². The van der Waals surface area contributed by atoms with Crippen LogP contribution in [0, 0.1) is 12.8 Å². The molecule has 3 aromatic carbocycles. The average Bonchev–Trinajstić information content (AvgIpc) is 3.61. The zero-order valence-electron chi connectivity index (χ0n) is 22.7. The molecule has 0 amide bonds. The van der Waals surface area contributed by atoms with Crippen molar-refractivity contribution in [3.8, 4) is 16.9 Å². The molecule has 0 radical (unpaired) electrons. The molecule has 1 aliphatic heterocycles. The third-order valence-electron chi connectivity index (χ3n) is 7.67. The first-order valence-electron chi connectivity index (χ1n) is 13.7. The summed E-state index contributed by atoms with van der Waals surface area (Å²) in [5.41, 5.74) is 4.86. The summed E-state index contributed by atoms with van der Waals surface area (Å²) in [5, 5.41) is 9.99. The molecular formula is C34H30N2O5. The second-order valence-corrected chi connectivity index (χ2v) is 10.5. The van der Waals surface area contributed by atoms with E-state index in [9.17, 15) is 9.59 Å². The molecule has 1 saturated heterocycles. The number of Topliss-reactive ketones (excluding diaryl/α,β-unsaturated/α-hetero) is 1. The van der Waals surface area contributed by atoms with Gasteiger partial charge in [0.25, 0.3) is 0 Å². The van der Waals surface area contributed by atoms with E-state index in [0.29, 0.717) is 29.6 Å². The summed E-state index contributed by atoms with van der Waals surface area (Å²) in [5.74, 6) is 1.27. The average molecular weight is 547 g/mol. The molecule has 1 atom stereocenters. The molecule has 0 bridgehead atoms. The predicted octanol–water partition coefficient (Wildman–Crippen LogP) is 6.83. The number of aromatic nitrogens is 1. The van der Waals surface area contributed by atoms with E-state index in [2.05, 4.69) is 28.1 Å². The molecule has 1 fully saturated rings. The predicted molar refractivity (Wildman–Crippen MR) is 158 cm³/mol. The Kier molecular flexibility index (Phi) is 7.25. The van der Waals surface area contributed by atoms with Crippen LogP contribution in [-0.4, -0.2) is 41.5 Å². The highest BCUT2D eigenvalue weighted by atomic mass is 16.5. The van der Waals surface area contributed by atoms with E-state index in [0.717, 1.165) is 53.0 Å². The molecule has 0 spiro atoms. The van der Waals surface area contributed by atoms with Crippen LogP contribution in [0.3, 0.4) is 0 Å². The Bertz CT molecular complexity index is 1690. The largest absolute Gasteiger partial charge is 0.493 e. The summed E-state index contributed by atoms with van der Waals surface area (Å²) in [6.45, 7) is 4.19. The fourth-order valence-electron chi connectivity index (χ4n) is 5.36. The zero-order chi connectivity index (χ0) is 28.3. The summed E-state index contributed by atoms with van der Waals surface area (Å²) >= 11 is 0. The Hall–Kier alpha value is -4.91. The van der Waals surface area contributed by atoms with Crippen LogP contribution in [0.4, 0.5) is 5.82 Å². The SMILES string of the molecule is Cc1c(C(=O)Cc2ccc(N3CC[C@H](COc4ccc(C(=O)O)cc4)C3)nc2)oc2ccc(-c3ccccc3)cc12. The molecule has 2 aromatic heterocycles. The number of pyridine rings is 1. The topological polar surface area (TPSA) is 92.9 Å². The highest BCUT2D eigenvalue weighted by Gasteiger charge is 2.24. The van der Waals surface area contributed by atoms with Gasteiger partial charge in [0.05, 0.1) is 12.2 Å². The lowest BCUT2D eigenvalue weighted by atomic mass is 10.0. The van der Waals surface area contributed by atoms with Crippen LogP contribution in [0.1, 0.15) is 38.5 Å². The van der Waals surface area contributed by atoms with Gasteiger partial charge in [-0.3, -0.25) is 4.79 Å².